The number of rotatable bonds is 4. The second-order valence-corrected chi connectivity index (χ2v) is 4.97. The molecule has 0 aliphatic carbocycles. The molecule has 3 unspecified atom stereocenters. The topological polar surface area (TPSA) is 29.3 Å². The molecule has 2 nitrogen and oxygen atoms in total. The van der Waals surface area contributed by atoms with Crippen LogP contribution in [-0.4, -0.2) is 29.3 Å². The van der Waals surface area contributed by atoms with E-state index in [1.54, 1.807) is 0 Å². The molecule has 1 fully saturated rings. The average molecular weight is 216 g/mol. The predicted octanol–water partition coefficient (Wildman–Crippen LogP) is 2.67. The summed E-state index contributed by atoms with van der Waals surface area (Å²) in [5.74, 6) is 0. The molecular weight excluding hydrogens is 191 g/mol. The zero-order chi connectivity index (χ0) is 11.5. The molecule has 1 saturated heterocycles. The number of halogens is 1. The molecule has 1 aliphatic rings. The first-order valence-corrected chi connectivity index (χ1v) is 6.21. The van der Waals surface area contributed by atoms with Gasteiger partial charge in [-0.2, -0.15) is 0 Å². The van der Waals surface area contributed by atoms with Crippen molar-refractivity contribution >= 4 is 0 Å². The summed E-state index contributed by atoms with van der Waals surface area (Å²) in [5.41, 5.74) is 5.79. The van der Waals surface area contributed by atoms with E-state index in [9.17, 15) is 4.39 Å². The van der Waals surface area contributed by atoms with Gasteiger partial charge in [-0.15, -0.1) is 0 Å². The van der Waals surface area contributed by atoms with Gasteiger partial charge in [0.05, 0.1) is 0 Å². The van der Waals surface area contributed by atoms with Gasteiger partial charge in [0.2, 0.25) is 0 Å². The number of nitrogens with zero attached hydrogens (tertiary/aromatic N) is 1. The van der Waals surface area contributed by atoms with E-state index in [1.807, 2.05) is 4.90 Å². The van der Waals surface area contributed by atoms with Gasteiger partial charge in [-0.25, -0.2) is 4.39 Å². The van der Waals surface area contributed by atoms with Crippen LogP contribution in [0.2, 0.25) is 0 Å². The maximum atomic E-state index is 14.0. The Bertz CT molecular complexity index is 198. The first-order chi connectivity index (χ1) is 7.05. The SMILES string of the molecule is CCCC(C)(CC)N1CCCC(N)C1F. The van der Waals surface area contributed by atoms with Crippen molar-refractivity contribution in [3.8, 4) is 0 Å². The Hall–Kier alpha value is -0.150. The molecule has 0 amide bonds. The molecule has 0 radical (unpaired) electrons. The minimum atomic E-state index is -0.949. The van der Waals surface area contributed by atoms with Crippen molar-refractivity contribution in [1.29, 1.82) is 0 Å². The minimum Gasteiger partial charge on any atom is -0.324 e. The van der Waals surface area contributed by atoms with Crippen molar-refractivity contribution in [1.82, 2.24) is 4.90 Å². The molecule has 0 aromatic rings. The highest BCUT2D eigenvalue weighted by Crippen LogP contribution is 2.32. The lowest BCUT2D eigenvalue weighted by Gasteiger charge is -2.47. The van der Waals surface area contributed by atoms with E-state index < -0.39 is 6.30 Å². The van der Waals surface area contributed by atoms with Crippen molar-refractivity contribution < 1.29 is 4.39 Å². The Balaban J connectivity index is 2.73. The van der Waals surface area contributed by atoms with Crippen LogP contribution < -0.4 is 5.73 Å². The fourth-order valence-electron chi connectivity index (χ4n) is 2.62. The molecule has 90 valence electrons. The summed E-state index contributed by atoms with van der Waals surface area (Å²) in [6.45, 7) is 7.33. The van der Waals surface area contributed by atoms with Gasteiger partial charge in [0.15, 0.2) is 6.30 Å². The molecule has 3 atom stereocenters. The molecule has 0 saturated carbocycles. The van der Waals surface area contributed by atoms with Crippen LogP contribution in [0, 0.1) is 0 Å². The fraction of sp³-hybridized carbons (Fsp3) is 1.00. The van der Waals surface area contributed by atoms with Gasteiger partial charge >= 0.3 is 0 Å². The molecule has 3 heteroatoms. The molecule has 1 heterocycles. The first kappa shape index (κ1) is 12.9. The summed E-state index contributed by atoms with van der Waals surface area (Å²) in [6.07, 6.45) is 4.05. The van der Waals surface area contributed by atoms with Crippen LogP contribution in [0.4, 0.5) is 4.39 Å². The normalized spacial score (nSPS) is 32.6. The van der Waals surface area contributed by atoms with E-state index in [0.29, 0.717) is 0 Å². The second kappa shape index (κ2) is 5.26. The summed E-state index contributed by atoms with van der Waals surface area (Å²) in [5, 5.41) is 0. The van der Waals surface area contributed by atoms with E-state index in [-0.39, 0.29) is 11.6 Å². The van der Waals surface area contributed by atoms with E-state index in [0.717, 1.165) is 38.6 Å². The van der Waals surface area contributed by atoms with E-state index in [4.69, 9.17) is 5.73 Å². The third-order valence-corrected chi connectivity index (χ3v) is 3.83. The molecule has 0 aromatic carbocycles. The van der Waals surface area contributed by atoms with Crippen LogP contribution in [0.25, 0.3) is 0 Å². The summed E-state index contributed by atoms with van der Waals surface area (Å²) >= 11 is 0. The Morgan fingerprint density at radius 3 is 2.67 bits per heavy atom. The Morgan fingerprint density at radius 1 is 1.47 bits per heavy atom. The molecule has 1 aliphatic heterocycles. The summed E-state index contributed by atoms with van der Waals surface area (Å²) in [4.78, 5) is 1.99. The van der Waals surface area contributed by atoms with Crippen molar-refractivity contribution in [3.63, 3.8) is 0 Å². The third kappa shape index (κ3) is 2.70. The lowest BCUT2D eigenvalue weighted by atomic mass is 9.88. The molecular formula is C12H25FN2. The van der Waals surface area contributed by atoms with Crippen LogP contribution in [0.15, 0.2) is 0 Å². The highest BCUT2D eigenvalue weighted by molar-refractivity contribution is 4.91. The van der Waals surface area contributed by atoms with Crippen molar-refractivity contribution in [2.75, 3.05) is 6.54 Å². The minimum absolute atomic E-state index is 0.00773. The number of hydrogen-bond donors (Lipinski definition) is 1. The highest BCUT2D eigenvalue weighted by atomic mass is 19.1. The monoisotopic (exact) mass is 216 g/mol. The van der Waals surface area contributed by atoms with Crippen molar-refractivity contribution in [2.45, 2.75) is 70.8 Å². The summed E-state index contributed by atoms with van der Waals surface area (Å²) in [7, 11) is 0. The van der Waals surface area contributed by atoms with Gasteiger partial charge in [-0.05, 0) is 32.6 Å². The van der Waals surface area contributed by atoms with Gasteiger partial charge in [0.1, 0.15) is 0 Å². The fourth-order valence-corrected chi connectivity index (χ4v) is 2.62. The number of likely N-dealkylation sites (tertiary alicyclic amines) is 1. The van der Waals surface area contributed by atoms with E-state index >= 15 is 0 Å². The largest absolute Gasteiger partial charge is 0.324 e. The lowest BCUT2D eigenvalue weighted by Crippen LogP contribution is -2.58. The maximum Gasteiger partial charge on any atom is 0.169 e. The number of piperidine rings is 1. The first-order valence-electron chi connectivity index (χ1n) is 6.21. The Labute approximate surface area is 93.0 Å². The summed E-state index contributed by atoms with van der Waals surface area (Å²) in [6, 6.07) is -0.290. The van der Waals surface area contributed by atoms with Crippen LogP contribution in [-0.2, 0) is 0 Å². The van der Waals surface area contributed by atoms with Crippen molar-refractivity contribution in [2.24, 2.45) is 5.73 Å². The summed E-state index contributed by atoms with van der Waals surface area (Å²) < 4.78 is 14.0. The van der Waals surface area contributed by atoms with E-state index in [2.05, 4.69) is 20.8 Å². The maximum absolute atomic E-state index is 14.0. The van der Waals surface area contributed by atoms with Crippen LogP contribution in [0.5, 0.6) is 0 Å². The zero-order valence-corrected chi connectivity index (χ0v) is 10.3. The number of alkyl halides is 1. The van der Waals surface area contributed by atoms with Gasteiger partial charge in [0, 0.05) is 18.1 Å². The molecule has 0 bridgehead atoms. The second-order valence-electron chi connectivity index (χ2n) is 4.97. The van der Waals surface area contributed by atoms with Gasteiger partial charge in [-0.3, -0.25) is 4.90 Å². The third-order valence-electron chi connectivity index (χ3n) is 3.83. The molecule has 15 heavy (non-hydrogen) atoms. The number of hydrogen-bond acceptors (Lipinski definition) is 2. The molecule has 2 N–H and O–H groups in total. The van der Waals surface area contributed by atoms with Crippen LogP contribution in [0.3, 0.4) is 0 Å². The van der Waals surface area contributed by atoms with E-state index in [1.165, 1.54) is 0 Å². The zero-order valence-electron chi connectivity index (χ0n) is 10.3. The van der Waals surface area contributed by atoms with Gasteiger partial charge < -0.3 is 5.73 Å². The highest BCUT2D eigenvalue weighted by Gasteiger charge is 2.39. The smallest absolute Gasteiger partial charge is 0.169 e. The van der Waals surface area contributed by atoms with Gasteiger partial charge in [0.25, 0.3) is 0 Å². The van der Waals surface area contributed by atoms with Crippen LogP contribution >= 0.6 is 0 Å². The predicted molar refractivity (Wildman–Crippen MR) is 62.4 cm³/mol. The standard InChI is InChI=1S/C12H25FN2/c1-4-8-12(3,5-2)15-9-6-7-10(14)11(15)13/h10-11H,4-9,14H2,1-3H3. The molecule has 0 aromatic heterocycles. The average Bonchev–Trinajstić information content (AvgIpc) is 2.22. The Kier molecular flexibility index (Phi) is 4.53. The van der Waals surface area contributed by atoms with Gasteiger partial charge in [-0.1, -0.05) is 20.3 Å². The number of nitrogens with two attached hydrogens (primary N) is 1. The van der Waals surface area contributed by atoms with Crippen molar-refractivity contribution in [3.05, 3.63) is 0 Å². The Morgan fingerprint density at radius 2 is 2.13 bits per heavy atom. The lowest BCUT2D eigenvalue weighted by molar-refractivity contribution is -0.0533. The van der Waals surface area contributed by atoms with Crippen LogP contribution in [0.1, 0.15) is 52.9 Å². The quantitative estimate of drug-likeness (QED) is 0.732. The molecule has 0 spiro atoms. The molecule has 1 rings (SSSR count).